The average molecular weight is 505 g/mol. The lowest BCUT2D eigenvalue weighted by molar-refractivity contribution is 0.0984. The fourth-order valence-corrected chi connectivity index (χ4v) is 5.22. The summed E-state index contributed by atoms with van der Waals surface area (Å²) in [5, 5.41) is 15.6. The van der Waals surface area contributed by atoms with Gasteiger partial charge in [0.15, 0.2) is 11.0 Å². The highest BCUT2D eigenvalue weighted by Crippen LogP contribution is 2.34. The fourth-order valence-electron chi connectivity index (χ4n) is 4.48. The van der Waals surface area contributed by atoms with Crippen LogP contribution in [0.15, 0.2) is 30.5 Å². The standard InChI is InChI=1S/C25H28N8O2S/c1-3-27-24(34)29-18-6-4-17(5-7-18)22-30-21-14-32(25-28-13-19(12-26)36-25)9-8-20(21)23(31-22)33-10-11-35-15-16(33)2/h4-7,13,16H,3,8-11,14-15H2,1-2H3,(H2,27,29,34)/t16-/m0/s1. The summed E-state index contributed by atoms with van der Waals surface area (Å²) >= 11 is 1.40. The SMILES string of the molecule is CCNC(=O)Nc1ccc(-c2nc3c(c(N4CCOC[C@@H]4C)n2)CCN(c2ncc(C#N)s2)C3)cc1. The zero-order chi connectivity index (χ0) is 25.1. The minimum atomic E-state index is -0.235. The normalized spacial score (nSPS) is 17.3. The number of nitrogens with one attached hydrogen (secondary N) is 2. The third-order valence-corrected chi connectivity index (χ3v) is 7.26. The number of rotatable bonds is 5. The van der Waals surface area contributed by atoms with Crippen molar-refractivity contribution in [3.8, 4) is 17.5 Å². The van der Waals surface area contributed by atoms with Crippen LogP contribution in [0.2, 0.25) is 0 Å². The number of carbonyl (C=O) groups is 1. The van der Waals surface area contributed by atoms with Crippen molar-refractivity contribution in [2.45, 2.75) is 32.9 Å². The van der Waals surface area contributed by atoms with E-state index >= 15 is 0 Å². The molecule has 5 rings (SSSR count). The van der Waals surface area contributed by atoms with E-state index in [1.165, 1.54) is 11.3 Å². The summed E-state index contributed by atoms with van der Waals surface area (Å²) in [5.41, 5.74) is 3.71. The Morgan fingerprint density at radius 1 is 1.28 bits per heavy atom. The lowest BCUT2D eigenvalue weighted by atomic mass is 10.0. The molecule has 2 aliphatic heterocycles. The molecular weight excluding hydrogens is 476 g/mol. The summed E-state index contributed by atoms with van der Waals surface area (Å²) in [7, 11) is 0. The molecule has 0 aliphatic carbocycles. The van der Waals surface area contributed by atoms with Gasteiger partial charge in [-0.05, 0) is 44.5 Å². The second-order valence-electron chi connectivity index (χ2n) is 8.77. The average Bonchev–Trinajstić information content (AvgIpc) is 3.38. The first-order chi connectivity index (χ1) is 17.6. The van der Waals surface area contributed by atoms with Crippen molar-refractivity contribution in [1.82, 2.24) is 20.3 Å². The van der Waals surface area contributed by atoms with Crippen LogP contribution in [0.5, 0.6) is 0 Å². The maximum absolute atomic E-state index is 11.9. The number of morpholine rings is 1. The number of amides is 2. The molecule has 2 aromatic heterocycles. The highest BCUT2D eigenvalue weighted by atomic mass is 32.1. The third-order valence-electron chi connectivity index (χ3n) is 6.30. The summed E-state index contributed by atoms with van der Waals surface area (Å²) in [6, 6.07) is 9.72. The van der Waals surface area contributed by atoms with Gasteiger partial charge in [0.2, 0.25) is 0 Å². The molecule has 4 heterocycles. The van der Waals surface area contributed by atoms with E-state index in [4.69, 9.17) is 14.7 Å². The number of carbonyl (C=O) groups excluding carboxylic acids is 1. The Bertz CT molecular complexity index is 1290. The molecule has 3 aromatic rings. The molecule has 0 bridgehead atoms. The monoisotopic (exact) mass is 504 g/mol. The van der Waals surface area contributed by atoms with E-state index in [-0.39, 0.29) is 12.1 Å². The summed E-state index contributed by atoms with van der Waals surface area (Å²) < 4.78 is 5.68. The van der Waals surface area contributed by atoms with E-state index < -0.39 is 0 Å². The number of urea groups is 1. The lowest BCUT2D eigenvalue weighted by Gasteiger charge is -2.37. The van der Waals surface area contributed by atoms with Gasteiger partial charge in [0, 0.05) is 36.4 Å². The van der Waals surface area contributed by atoms with E-state index in [9.17, 15) is 10.1 Å². The maximum Gasteiger partial charge on any atom is 0.319 e. The van der Waals surface area contributed by atoms with E-state index in [0.29, 0.717) is 42.7 Å². The van der Waals surface area contributed by atoms with E-state index in [1.54, 1.807) is 6.20 Å². The topological polar surface area (TPSA) is 119 Å². The second kappa shape index (κ2) is 10.5. The molecule has 1 fully saturated rings. The van der Waals surface area contributed by atoms with Crippen molar-refractivity contribution in [3.63, 3.8) is 0 Å². The number of anilines is 3. The number of nitrogens with zero attached hydrogens (tertiary/aromatic N) is 6. The van der Waals surface area contributed by atoms with Gasteiger partial charge in [-0.15, -0.1) is 0 Å². The Morgan fingerprint density at radius 2 is 2.11 bits per heavy atom. The van der Waals surface area contributed by atoms with Gasteiger partial charge in [-0.2, -0.15) is 5.26 Å². The van der Waals surface area contributed by atoms with Crippen molar-refractivity contribution in [2.75, 3.05) is 48.0 Å². The van der Waals surface area contributed by atoms with Gasteiger partial charge >= 0.3 is 6.03 Å². The van der Waals surface area contributed by atoms with Crippen LogP contribution in [0.3, 0.4) is 0 Å². The molecule has 0 saturated carbocycles. The van der Waals surface area contributed by atoms with Crippen LogP contribution in [-0.2, 0) is 17.7 Å². The van der Waals surface area contributed by atoms with Gasteiger partial charge < -0.3 is 25.2 Å². The van der Waals surface area contributed by atoms with Gasteiger partial charge in [0.25, 0.3) is 0 Å². The van der Waals surface area contributed by atoms with Gasteiger partial charge in [-0.1, -0.05) is 11.3 Å². The summed E-state index contributed by atoms with van der Waals surface area (Å²) in [6.07, 6.45) is 2.42. The van der Waals surface area contributed by atoms with Gasteiger partial charge in [-0.25, -0.2) is 19.7 Å². The number of fused-ring (bicyclic) bond motifs is 1. The fraction of sp³-hybridized carbons (Fsp3) is 0.400. The summed E-state index contributed by atoms with van der Waals surface area (Å²) in [4.78, 5) is 31.4. The van der Waals surface area contributed by atoms with Crippen LogP contribution < -0.4 is 20.4 Å². The lowest BCUT2D eigenvalue weighted by Crippen LogP contribution is -2.45. The molecule has 0 radical (unpaired) electrons. The number of hydrogen-bond donors (Lipinski definition) is 2. The molecule has 1 saturated heterocycles. The van der Waals surface area contributed by atoms with Crippen molar-refractivity contribution in [1.29, 1.82) is 5.26 Å². The molecule has 1 aromatic carbocycles. The van der Waals surface area contributed by atoms with E-state index in [2.05, 4.69) is 38.4 Å². The van der Waals surface area contributed by atoms with Crippen molar-refractivity contribution >= 4 is 34.0 Å². The summed E-state index contributed by atoms with van der Waals surface area (Å²) in [6.45, 7) is 8.10. The highest BCUT2D eigenvalue weighted by Gasteiger charge is 2.29. The van der Waals surface area contributed by atoms with Gasteiger partial charge in [-0.3, -0.25) is 0 Å². The second-order valence-corrected chi connectivity index (χ2v) is 9.77. The number of benzene rings is 1. The van der Waals surface area contributed by atoms with Crippen molar-refractivity contribution in [2.24, 2.45) is 0 Å². The van der Waals surface area contributed by atoms with Crippen LogP contribution >= 0.6 is 11.3 Å². The Morgan fingerprint density at radius 3 is 2.83 bits per heavy atom. The Kier molecular flexibility index (Phi) is 6.97. The third kappa shape index (κ3) is 4.96. The van der Waals surface area contributed by atoms with Crippen LogP contribution in [0, 0.1) is 11.3 Å². The van der Waals surface area contributed by atoms with Crippen molar-refractivity contribution < 1.29 is 9.53 Å². The molecule has 10 nitrogen and oxygen atoms in total. The molecule has 11 heteroatoms. The van der Waals surface area contributed by atoms with Gasteiger partial charge in [0.1, 0.15) is 16.8 Å². The quantitative estimate of drug-likeness (QED) is 0.543. The number of aromatic nitrogens is 3. The smallest absolute Gasteiger partial charge is 0.319 e. The molecule has 0 unspecified atom stereocenters. The first-order valence-corrected chi connectivity index (χ1v) is 12.9. The molecule has 36 heavy (non-hydrogen) atoms. The first kappa shape index (κ1) is 24.0. The van der Waals surface area contributed by atoms with Crippen LogP contribution in [0.25, 0.3) is 11.4 Å². The Balaban J connectivity index is 1.49. The van der Waals surface area contributed by atoms with E-state index in [0.717, 1.165) is 47.3 Å². The molecule has 0 spiro atoms. The highest BCUT2D eigenvalue weighted by molar-refractivity contribution is 7.16. The minimum Gasteiger partial charge on any atom is -0.377 e. The molecule has 2 aliphatic rings. The number of ether oxygens (including phenoxy) is 1. The molecular formula is C25H28N8O2S. The van der Waals surface area contributed by atoms with Crippen molar-refractivity contribution in [3.05, 3.63) is 46.6 Å². The predicted octanol–water partition coefficient (Wildman–Crippen LogP) is 3.40. The van der Waals surface area contributed by atoms with Crippen LogP contribution in [-0.4, -0.2) is 59.9 Å². The zero-order valence-corrected chi connectivity index (χ0v) is 21.1. The Hall–Kier alpha value is -3.75. The molecule has 2 amide bonds. The Labute approximate surface area is 213 Å². The zero-order valence-electron chi connectivity index (χ0n) is 20.3. The van der Waals surface area contributed by atoms with Crippen LogP contribution in [0.1, 0.15) is 30.0 Å². The number of hydrogen-bond acceptors (Lipinski definition) is 9. The summed E-state index contributed by atoms with van der Waals surface area (Å²) in [5.74, 6) is 1.61. The van der Waals surface area contributed by atoms with Gasteiger partial charge in [0.05, 0.1) is 37.7 Å². The molecule has 2 N–H and O–H groups in total. The van der Waals surface area contributed by atoms with Crippen LogP contribution in [0.4, 0.5) is 21.4 Å². The predicted molar refractivity (Wildman–Crippen MR) is 139 cm³/mol. The largest absolute Gasteiger partial charge is 0.377 e. The molecule has 186 valence electrons. The molecule has 1 atom stereocenters. The number of thiazole rings is 1. The minimum absolute atomic E-state index is 0.212. The van der Waals surface area contributed by atoms with E-state index in [1.807, 2.05) is 31.2 Å². The maximum atomic E-state index is 11.9. The number of nitriles is 1. The first-order valence-electron chi connectivity index (χ1n) is 12.1.